The van der Waals surface area contributed by atoms with Crippen molar-refractivity contribution in [2.24, 2.45) is 11.5 Å². The molecule has 0 saturated carbocycles. The van der Waals surface area contributed by atoms with Gasteiger partial charge in [-0.15, -0.1) is 0 Å². The Kier molecular flexibility index (Phi) is 5.87. The Balaban J connectivity index is 4.09. The molecule has 0 unspecified atom stereocenters. The Bertz CT molecular complexity index is 204. The number of carbonyl (C=O) groups is 2. The van der Waals surface area contributed by atoms with Crippen LogP contribution in [0.25, 0.3) is 0 Å². The van der Waals surface area contributed by atoms with Crippen molar-refractivity contribution in [3.63, 3.8) is 0 Å². The second kappa shape index (κ2) is 6.37. The first-order valence-electron chi connectivity index (χ1n) is 4.84. The van der Waals surface area contributed by atoms with E-state index in [9.17, 15) is 9.59 Å². The third-order valence-electron chi connectivity index (χ3n) is 1.92. The van der Waals surface area contributed by atoms with Gasteiger partial charge in [0.25, 0.3) is 0 Å². The molecular formula is C9H19N3O2. The number of hydrogen-bond donors (Lipinski definition) is 3. The lowest BCUT2D eigenvalue weighted by molar-refractivity contribution is -0.128. The van der Waals surface area contributed by atoms with E-state index in [1.807, 2.05) is 6.92 Å². The first-order valence-corrected chi connectivity index (χ1v) is 4.84. The molecule has 0 heterocycles. The quantitative estimate of drug-likeness (QED) is 0.540. The summed E-state index contributed by atoms with van der Waals surface area (Å²) in [5.41, 5.74) is 10.5. The van der Waals surface area contributed by atoms with Gasteiger partial charge in [0.1, 0.15) is 6.04 Å². The predicted molar refractivity (Wildman–Crippen MR) is 54.3 cm³/mol. The fourth-order valence-electron chi connectivity index (χ4n) is 0.997. The molecule has 0 aliphatic carbocycles. The van der Waals surface area contributed by atoms with E-state index in [2.05, 4.69) is 5.32 Å². The number of nitrogens with two attached hydrogens (primary N) is 2. The van der Waals surface area contributed by atoms with Crippen molar-refractivity contribution >= 4 is 11.8 Å². The maximum Gasteiger partial charge on any atom is 0.240 e. The van der Waals surface area contributed by atoms with Crippen LogP contribution in [-0.4, -0.2) is 23.9 Å². The summed E-state index contributed by atoms with van der Waals surface area (Å²) in [6, 6.07) is -1.20. The summed E-state index contributed by atoms with van der Waals surface area (Å²) < 4.78 is 0. The van der Waals surface area contributed by atoms with Gasteiger partial charge < -0.3 is 16.8 Å². The minimum atomic E-state index is -0.613. The van der Waals surface area contributed by atoms with Crippen LogP contribution in [0.2, 0.25) is 0 Å². The summed E-state index contributed by atoms with van der Waals surface area (Å²) in [6.45, 7) is 3.57. The topological polar surface area (TPSA) is 98.2 Å². The highest BCUT2D eigenvalue weighted by atomic mass is 16.2. The smallest absolute Gasteiger partial charge is 0.240 e. The molecule has 0 aliphatic rings. The molecule has 0 bridgehead atoms. The first kappa shape index (κ1) is 12.9. The van der Waals surface area contributed by atoms with Gasteiger partial charge in [-0.05, 0) is 13.3 Å². The molecule has 82 valence electrons. The van der Waals surface area contributed by atoms with E-state index in [1.54, 1.807) is 6.92 Å². The lowest BCUT2D eigenvalue weighted by Crippen LogP contribution is -2.49. The molecule has 0 rings (SSSR count). The van der Waals surface area contributed by atoms with Crippen LogP contribution in [0.5, 0.6) is 0 Å². The molecule has 0 aliphatic heterocycles. The number of primary amides is 1. The summed E-state index contributed by atoms with van der Waals surface area (Å²) in [5.74, 6) is -0.850. The number of hydrogen-bond acceptors (Lipinski definition) is 3. The fraction of sp³-hybridized carbons (Fsp3) is 0.778. The van der Waals surface area contributed by atoms with E-state index in [1.165, 1.54) is 0 Å². The van der Waals surface area contributed by atoms with Crippen LogP contribution >= 0.6 is 0 Å². The number of unbranched alkanes of at least 4 members (excludes halogenated alkanes) is 1. The highest BCUT2D eigenvalue weighted by molar-refractivity contribution is 5.88. The third kappa shape index (κ3) is 4.81. The number of rotatable bonds is 6. The molecule has 5 N–H and O–H groups in total. The Morgan fingerprint density at radius 3 is 2.36 bits per heavy atom. The lowest BCUT2D eigenvalue weighted by atomic mass is 10.1. The Hall–Kier alpha value is -1.10. The lowest BCUT2D eigenvalue weighted by Gasteiger charge is -2.16. The molecule has 14 heavy (non-hydrogen) atoms. The molecule has 5 nitrogen and oxygen atoms in total. The summed E-state index contributed by atoms with van der Waals surface area (Å²) in [6.07, 6.45) is 2.38. The van der Waals surface area contributed by atoms with Gasteiger partial charge in [0.05, 0.1) is 6.04 Å². The second-order valence-electron chi connectivity index (χ2n) is 3.39. The SMILES string of the molecule is CCCC[C@H](NC(=O)[C@H](C)N)C(N)=O. The van der Waals surface area contributed by atoms with Crippen molar-refractivity contribution in [1.82, 2.24) is 5.32 Å². The van der Waals surface area contributed by atoms with Gasteiger partial charge in [-0.1, -0.05) is 19.8 Å². The van der Waals surface area contributed by atoms with Gasteiger partial charge in [-0.2, -0.15) is 0 Å². The van der Waals surface area contributed by atoms with Crippen molar-refractivity contribution in [1.29, 1.82) is 0 Å². The van der Waals surface area contributed by atoms with Gasteiger partial charge in [0.2, 0.25) is 11.8 Å². The van der Waals surface area contributed by atoms with E-state index < -0.39 is 18.0 Å². The van der Waals surface area contributed by atoms with Gasteiger partial charge in [-0.3, -0.25) is 9.59 Å². The number of nitrogens with one attached hydrogen (secondary N) is 1. The van der Waals surface area contributed by atoms with Gasteiger partial charge in [0.15, 0.2) is 0 Å². The number of amides is 2. The second-order valence-corrected chi connectivity index (χ2v) is 3.39. The monoisotopic (exact) mass is 201 g/mol. The average molecular weight is 201 g/mol. The van der Waals surface area contributed by atoms with Gasteiger partial charge in [-0.25, -0.2) is 0 Å². The fourth-order valence-corrected chi connectivity index (χ4v) is 0.997. The van der Waals surface area contributed by atoms with Crippen LogP contribution in [0.15, 0.2) is 0 Å². The zero-order valence-electron chi connectivity index (χ0n) is 8.75. The Morgan fingerprint density at radius 2 is 2.00 bits per heavy atom. The maximum absolute atomic E-state index is 11.2. The minimum absolute atomic E-state index is 0.343. The molecule has 0 radical (unpaired) electrons. The molecule has 0 aromatic heterocycles. The average Bonchev–Trinajstić information content (AvgIpc) is 2.10. The van der Waals surface area contributed by atoms with Gasteiger partial charge >= 0.3 is 0 Å². The van der Waals surface area contributed by atoms with E-state index in [0.717, 1.165) is 12.8 Å². The summed E-state index contributed by atoms with van der Waals surface area (Å²) in [5, 5.41) is 2.51. The zero-order chi connectivity index (χ0) is 11.1. The first-order chi connectivity index (χ1) is 6.49. The third-order valence-corrected chi connectivity index (χ3v) is 1.92. The Morgan fingerprint density at radius 1 is 1.43 bits per heavy atom. The molecule has 0 aromatic carbocycles. The zero-order valence-corrected chi connectivity index (χ0v) is 8.75. The van der Waals surface area contributed by atoms with Crippen LogP contribution in [0, 0.1) is 0 Å². The molecule has 2 atom stereocenters. The molecule has 2 amide bonds. The van der Waals surface area contributed by atoms with Crippen LogP contribution in [-0.2, 0) is 9.59 Å². The van der Waals surface area contributed by atoms with E-state index in [0.29, 0.717) is 6.42 Å². The van der Waals surface area contributed by atoms with Crippen molar-refractivity contribution < 1.29 is 9.59 Å². The van der Waals surface area contributed by atoms with Crippen LogP contribution in [0.1, 0.15) is 33.1 Å². The van der Waals surface area contributed by atoms with E-state index >= 15 is 0 Å². The molecular weight excluding hydrogens is 182 g/mol. The van der Waals surface area contributed by atoms with Gasteiger partial charge in [0, 0.05) is 0 Å². The summed E-state index contributed by atoms with van der Waals surface area (Å²) in [4.78, 5) is 22.1. The van der Waals surface area contributed by atoms with E-state index in [-0.39, 0.29) is 5.91 Å². The molecule has 5 heteroatoms. The largest absolute Gasteiger partial charge is 0.368 e. The maximum atomic E-state index is 11.2. The predicted octanol–water partition coefficient (Wildman–Crippen LogP) is -0.506. The molecule has 0 spiro atoms. The molecule has 0 saturated heterocycles. The summed E-state index contributed by atoms with van der Waals surface area (Å²) in [7, 11) is 0. The molecule has 0 aromatic rings. The van der Waals surface area contributed by atoms with Crippen molar-refractivity contribution in [2.75, 3.05) is 0 Å². The number of carbonyl (C=O) groups excluding carboxylic acids is 2. The van der Waals surface area contributed by atoms with Crippen LogP contribution < -0.4 is 16.8 Å². The van der Waals surface area contributed by atoms with Crippen molar-refractivity contribution in [2.45, 2.75) is 45.2 Å². The van der Waals surface area contributed by atoms with E-state index in [4.69, 9.17) is 11.5 Å². The highest BCUT2D eigenvalue weighted by Gasteiger charge is 2.18. The van der Waals surface area contributed by atoms with Crippen LogP contribution in [0.4, 0.5) is 0 Å². The normalized spacial score (nSPS) is 14.5. The minimum Gasteiger partial charge on any atom is -0.368 e. The molecule has 0 fully saturated rings. The van der Waals surface area contributed by atoms with Crippen LogP contribution in [0.3, 0.4) is 0 Å². The summed E-state index contributed by atoms with van der Waals surface area (Å²) >= 11 is 0. The van der Waals surface area contributed by atoms with Crippen molar-refractivity contribution in [3.05, 3.63) is 0 Å². The Labute approximate surface area is 84.2 Å². The van der Waals surface area contributed by atoms with Crippen molar-refractivity contribution in [3.8, 4) is 0 Å². The standard InChI is InChI=1S/C9H19N3O2/c1-3-4-5-7(8(11)13)12-9(14)6(2)10/h6-7H,3-5,10H2,1-2H3,(H2,11,13)(H,12,14)/t6-,7-/m0/s1. The highest BCUT2D eigenvalue weighted by Crippen LogP contribution is 2.00.